The highest BCUT2D eigenvalue weighted by Crippen LogP contribution is 2.26. The molecule has 0 saturated carbocycles. The summed E-state index contributed by atoms with van der Waals surface area (Å²) in [6, 6.07) is 8.27. The van der Waals surface area contributed by atoms with E-state index >= 15 is 0 Å². The van der Waals surface area contributed by atoms with E-state index in [9.17, 15) is 4.79 Å². The van der Waals surface area contributed by atoms with Crippen LogP contribution in [0.25, 0.3) is 5.69 Å². The van der Waals surface area contributed by atoms with Crippen molar-refractivity contribution in [1.29, 1.82) is 0 Å². The van der Waals surface area contributed by atoms with Crippen LogP contribution in [0.4, 0.5) is 0 Å². The second-order valence-electron chi connectivity index (χ2n) is 8.37. The van der Waals surface area contributed by atoms with E-state index < -0.39 is 0 Å². The van der Waals surface area contributed by atoms with Crippen LogP contribution in [0.2, 0.25) is 0 Å². The van der Waals surface area contributed by atoms with Crippen molar-refractivity contribution in [3.05, 3.63) is 46.8 Å². The first kappa shape index (κ1) is 20.6. The van der Waals surface area contributed by atoms with Crippen LogP contribution >= 0.6 is 0 Å². The first-order chi connectivity index (χ1) is 13.4. The molecule has 5 nitrogen and oxygen atoms in total. The fourth-order valence-corrected chi connectivity index (χ4v) is 4.28. The molecule has 1 aromatic heterocycles. The lowest BCUT2D eigenvalue weighted by molar-refractivity contribution is -0.131. The number of carbonyl (C=O) groups excluding carboxylic acids is 1. The normalized spacial score (nSPS) is 16.2. The van der Waals surface area contributed by atoms with Crippen LogP contribution < -0.4 is 5.32 Å². The summed E-state index contributed by atoms with van der Waals surface area (Å²) < 4.78 is 2.01. The number of hydrogen-bond acceptors (Lipinski definition) is 3. The Kier molecular flexibility index (Phi) is 6.55. The molecule has 1 saturated heterocycles. The smallest absolute Gasteiger partial charge is 0.222 e. The predicted molar refractivity (Wildman–Crippen MR) is 114 cm³/mol. The Morgan fingerprint density at radius 2 is 1.93 bits per heavy atom. The van der Waals surface area contributed by atoms with E-state index in [1.807, 2.05) is 35.7 Å². The van der Waals surface area contributed by atoms with Crippen LogP contribution in [0.3, 0.4) is 0 Å². The zero-order valence-electron chi connectivity index (χ0n) is 18.0. The molecule has 1 unspecified atom stereocenters. The summed E-state index contributed by atoms with van der Waals surface area (Å²) in [6.45, 7) is 11.2. The van der Waals surface area contributed by atoms with Crippen molar-refractivity contribution < 1.29 is 4.79 Å². The van der Waals surface area contributed by atoms with Gasteiger partial charge < -0.3 is 10.2 Å². The third kappa shape index (κ3) is 4.46. The number of carbonyl (C=O) groups is 1. The van der Waals surface area contributed by atoms with E-state index in [1.165, 1.54) is 18.4 Å². The highest BCUT2D eigenvalue weighted by atomic mass is 16.2. The molecular weight excluding hydrogens is 348 g/mol. The lowest BCUT2D eigenvalue weighted by Gasteiger charge is -2.29. The summed E-state index contributed by atoms with van der Waals surface area (Å²) in [5.41, 5.74) is 5.54. The monoisotopic (exact) mass is 382 g/mol. The fraction of sp³-hybridized carbons (Fsp3) is 0.565. The van der Waals surface area contributed by atoms with Gasteiger partial charge >= 0.3 is 0 Å². The van der Waals surface area contributed by atoms with E-state index in [4.69, 9.17) is 5.10 Å². The summed E-state index contributed by atoms with van der Waals surface area (Å²) in [6.07, 6.45) is 2.99. The molecule has 1 aliphatic rings. The predicted octanol–water partition coefficient (Wildman–Crippen LogP) is 3.78. The van der Waals surface area contributed by atoms with Crippen LogP contribution in [-0.2, 0) is 11.3 Å². The van der Waals surface area contributed by atoms with Crippen molar-refractivity contribution in [1.82, 2.24) is 20.0 Å². The first-order valence-corrected chi connectivity index (χ1v) is 10.4. The highest BCUT2D eigenvalue weighted by Gasteiger charge is 2.24. The number of nitrogens with zero attached hydrogens (tertiary/aromatic N) is 3. The lowest BCUT2D eigenvalue weighted by atomic mass is 9.84. The molecule has 28 heavy (non-hydrogen) atoms. The summed E-state index contributed by atoms with van der Waals surface area (Å²) >= 11 is 0. The average Bonchev–Trinajstić information content (AvgIpc) is 2.97. The minimum atomic E-state index is 0.230. The topological polar surface area (TPSA) is 50.2 Å². The number of nitrogens with one attached hydrogen (secondary N) is 1. The van der Waals surface area contributed by atoms with Gasteiger partial charge in [0.1, 0.15) is 0 Å². The van der Waals surface area contributed by atoms with E-state index in [-0.39, 0.29) is 5.91 Å². The van der Waals surface area contributed by atoms with Crippen LogP contribution in [0.15, 0.2) is 24.3 Å². The Labute approximate surface area is 169 Å². The zero-order valence-corrected chi connectivity index (χ0v) is 18.0. The Hall–Kier alpha value is -2.14. The van der Waals surface area contributed by atoms with Crippen molar-refractivity contribution in [2.24, 2.45) is 11.8 Å². The van der Waals surface area contributed by atoms with E-state index in [0.717, 1.165) is 35.7 Å². The number of amides is 1. The first-order valence-electron chi connectivity index (χ1n) is 10.4. The molecule has 152 valence electrons. The molecule has 1 atom stereocenters. The van der Waals surface area contributed by atoms with Crippen molar-refractivity contribution in [3.63, 3.8) is 0 Å². The van der Waals surface area contributed by atoms with E-state index in [1.54, 1.807) is 0 Å². The number of para-hydroxylation sites is 1. The number of benzene rings is 1. The van der Waals surface area contributed by atoms with Gasteiger partial charge in [-0.3, -0.25) is 4.79 Å². The quantitative estimate of drug-likeness (QED) is 0.827. The molecule has 1 fully saturated rings. The molecule has 1 aromatic carbocycles. The lowest BCUT2D eigenvalue weighted by Crippen LogP contribution is -2.34. The van der Waals surface area contributed by atoms with Crippen LogP contribution in [-0.4, -0.2) is 40.7 Å². The third-order valence-electron chi connectivity index (χ3n) is 6.29. The van der Waals surface area contributed by atoms with Gasteiger partial charge in [0, 0.05) is 31.3 Å². The number of hydrogen-bond donors (Lipinski definition) is 1. The van der Waals surface area contributed by atoms with Gasteiger partial charge in [-0.15, -0.1) is 0 Å². The maximum absolute atomic E-state index is 12.8. The van der Waals surface area contributed by atoms with Gasteiger partial charge in [0.25, 0.3) is 0 Å². The Bertz CT molecular complexity index is 820. The van der Waals surface area contributed by atoms with Crippen molar-refractivity contribution >= 4 is 5.91 Å². The molecule has 1 N–H and O–H groups in total. The molecule has 5 heteroatoms. The van der Waals surface area contributed by atoms with Gasteiger partial charge in [0.15, 0.2) is 0 Å². The fourth-order valence-electron chi connectivity index (χ4n) is 4.28. The minimum Gasteiger partial charge on any atom is -0.341 e. The average molecular weight is 383 g/mol. The number of aromatic nitrogens is 2. The van der Waals surface area contributed by atoms with E-state index in [0.29, 0.717) is 24.8 Å². The van der Waals surface area contributed by atoms with Gasteiger partial charge in [0.2, 0.25) is 5.91 Å². The maximum atomic E-state index is 12.8. The van der Waals surface area contributed by atoms with Crippen LogP contribution in [0.5, 0.6) is 0 Å². The van der Waals surface area contributed by atoms with Crippen LogP contribution in [0, 0.1) is 32.6 Å². The summed E-state index contributed by atoms with van der Waals surface area (Å²) in [4.78, 5) is 14.7. The summed E-state index contributed by atoms with van der Waals surface area (Å²) in [7, 11) is 1.92. The van der Waals surface area contributed by atoms with Gasteiger partial charge in [0.05, 0.1) is 11.4 Å². The van der Waals surface area contributed by atoms with Gasteiger partial charge in [-0.2, -0.15) is 5.10 Å². The van der Waals surface area contributed by atoms with Crippen molar-refractivity contribution in [2.45, 2.75) is 53.5 Å². The van der Waals surface area contributed by atoms with Crippen molar-refractivity contribution in [3.8, 4) is 5.69 Å². The second kappa shape index (κ2) is 8.91. The second-order valence-corrected chi connectivity index (χ2v) is 8.37. The SMILES string of the molecule is Cc1ccccc1-n1nc(C)c(CN(C)C(=O)CC(C)C2CCNCC2)c1C. The molecule has 0 spiro atoms. The number of piperidine rings is 1. The molecule has 0 aliphatic carbocycles. The maximum Gasteiger partial charge on any atom is 0.222 e. The summed E-state index contributed by atoms with van der Waals surface area (Å²) in [5, 5.41) is 8.17. The molecule has 0 bridgehead atoms. The Morgan fingerprint density at radius 3 is 2.61 bits per heavy atom. The summed E-state index contributed by atoms with van der Waals surface area (Å²) in [5.74, 6) is 1.33. The van der Waals surface area contributed by atoms with Gasteiger partial charge in [-0.25, -0.2) is 4.68 Å². The molecule has 3 rings (SSSR count). The Morgan fingerprint density at radius 1 is 1.25 bits per heavy atom. The standard InChI is InChI=1S/C23H34N4O/c1-16-8-6-7-9-22(16)27-19(4)21(18(3)25-27)15-26(5)23(28)14-17(2)20-10-12-24-13-11-20/h6-9,17,20,24H,10-15H2,1-5H3. The molecule has 1 amide bonds. The minimum absolute atomic E-state index is 0.230. The van der Waals surface area contributed by atoms with Crippen LogP contribution in [0.1, 0.15) is 48.7 Å². The molecule has 0 radical (unpaired) electrons. The largest absolute Gasteiger partial charge is 0.341 e. The molecule has 2 heterocycles. The van der Waals surface area contributed by atoms with Crippen molar-refractivity contribution in [2.75, 3.05) is 20.1 Å². The molecular formula is C23H34N4O. The number of aryl methyl sites for hydroxylation is 2. The van der Waals surface area contributed by atoms with Gasteiger partial charge in [-0.1, -0.05) is 25.1 Å². The molecule has 2 aromatic rings. The van der Waals surface area contributed by atoms with E-state index in [2.05, 4.69) is 38.2 Å². The zero-order chi connectivity index (χ0) is 20.3. The molecule has 1 aliphatic heterocycles. The highest BCUT2D eigenvalue weighted by molar-refractivity contribution is 5.76. The third-order valence-corrected chi connectivity index (χ3v) is 6.29. The number of rotatable bonds is 6. The van der Waals surface area contributed by atoms with Gasteiger partial charge in [-0.05, 0) is 70.2 Å². The Balaban J connectivity index is 1.69.